The fraction of sp³-hybridized carbons (Fsp3) is 0.0526. The molecule has 3 rings (SSSR count). The van der Waals surface area contributed by atoms with E-state index in [-0.39, 0.29) is 22.6 Å². The second-order valence-electron chi connectivity index (χ2n) is 5.57. The molecular weight excluding hydrogens is 342 g/mol. The first-order valence-corrected chi connectivity index (χ1v) is 7.66. The third-order valence-corrected chi connectivity index (χ3v) is 3.53. The summed E-state index contributed by atoms with van der Waals surface area (Å²) < 4.78 is 32.4. The number of aryl methyl sites for hydroxylation is 1. The molecule has 0 atom stereocenters. The van der Waals surface area contributed by atoms with Crippen molar-refractivity contribution in [1.82, 2.24) is 4.98 Å². The Bertz CT molecular complexity index is 1030. The van der Waals surface area contributed by atoms with Gasteiger partial charge in [0.2, 0.25) is 5.56 Å². The number of hydrogen-bond acceptors (Lipinski definition) is 3. The Morgan fingerprint density at radius 3 is 2.58 bits per heavy atom. The molecule has 5 nitrogen and oxygen atoms in total. The van der Waals surface area contributed by atoms with Gasteiger partial charge in [-0.1, -0.05) is 6.07 Å². The van der Waals surface area contributed by atoms with Crippen molar-refractivity contribution in [2.75, 3.05) is 5.32 Å². The first kappa shape index (κ1) is 17.3. The number of rotatable bonds is 4. The molecule has 0 aliphatic heterocycles. The molecule has 0 bridgehead atoms. The molecule has 26 heavy (non-hydrogen) atoms. The van der Waals surface area contributed by atoms with Crippen LogP contribution in [0.4, 0.5) is 14.5 Å². The van der Waals surface area contributed by atoms with Crippen LogP contribution < -0.4 is 15.6 Å². The van der Waals surface area contributed by atoms with E-state index >= 15 is 0 Å². The molecule has 1 heterocycles. The maximum absolute atomic E-state index is 13.9. The molecular formula is C19H14F2N2O3. The quantitative estimate of drug-likeness (QED) is 0.742. The van der Waals surface area contributed by atoms with Gasteiger partial charge in [-0.25, -0.2) is 8.78 Å². The van der Waals surface area contributed by atoms with Crippen LogP contribution in [0.1, 0.15) is 15.9 Å². The molecule has 2 N–H and O–H groups in total. The monoisotopic (exact) mass is 356 g/mol. The number of nitrogens with one attached hydrogen (secondary N) is 2. The van der Waals surface area contributed by atoms with E-state index in [4.69, 9.17) is 4.74 Å². The highest BCUT2D eigenvalue weighted by Gasteiger charge is 2.16. The lowest BCUT2D eigenvalue weighted by molar-refractivity contribution is 0.102. The number of amides is 1. The largest absolute Gasteiger partial charge is 0.453 e. The van der Waals surface area contributed by atoms with Crippen LogP contribution in [-0.4, -0.2) is 10.9 Å². The van der Waals surface area contributed by atoms with Crippen molar-refractivity contribution >= 4 is 11.6 Å². The maximum atomic E-state index is 13.9. The minimum absolute atomic E-state index is 0.109. The van der Waals surface area contributed by atoms with Crippen molar-refractivity contribution in [3.63, 3.8) is 0 Å². The van der Waals surface area contributed by atoms with Gasteiger partial charge in [-0.3, -0.25) is 9.59 Å². The Morgan fingerprint density at radius 2 is 1.85 bits per heavy atom. The topological polar surface area (TPSA) is 71.2 Å². The smallest absolute Gasteiger partial charge is 0.259 e. The van der Waals surface area contributed by atoms with Crippen LogP contribution in [0.25, 0.3) is 0 Å². The van der Waals surface area contributed by atoms with Gasteiger partial charge in [-0.15, -0.1) is 0 Å². The number of benzene rings is 2. The van der Waals surface area contributed by atoms with Crippen molar-refractivity contribution in [2.45, 2.75) is 6.92 Å². The predicted molar refractivity (Wildman–Crippen MR) is 92.6 cm³/mol. The minimum atomic E-state index is -0.882. The molecule has 7 heteroatoms. The number of halogens is 2. The summed E-state index contributed by atoms with van der Waals surface area (Å²) in [5, 5.41) is 2.58. The van der Waals surface area contributed by atoms with Gasteiger partial charge in [-0.05, 0) is 42.8 Å². The Labute approximate surface area is 147 Å². The number of aromatic amines is 1. The van der Waals surface area contributed by atoms with Crippen LogP contribution in [0, 0.1) is 18.6 Å². The zero-order valence-corrected chi connectivity index (χ0v) is 13.7. The number of hydrogen-bond donors (Lipinski definition) is 2. The summed E-state index contributed by atoms with van der Waals surface area (Å²) in [6.45, 7) is 1.78. The van der Waals surface area contributed by atoms with Gasteiger partial charge < -0.3 is 15.0 Å². The summed E-state index contributed by atoms with van der Waals surface area (Å²) in [5.74, 6) is -2.24. The van der Waals surface area contributed by atoms with Gasteiger partial charge in [0.25, 0.3) is 5.91 Å². The molecule has 0 aliphatic carbocycles. The van der Waals surface area contributed by atoms with Gasteiger partial charge in [-0.2, -0.15) is 0 Å². The lowest BCUT2D eigenvalue weighted by atomic mass is 10.1. The van der Waals surface area contributed by atoms with E-state index in [0.29, 0.717) is 11.8 Å². The van der Waals surface area contributed by atoms with Crippen molar-refractivity contribution in [1.29, 1.82) is 0 Å². The minimum Gasteiger partial charge on any atom is -0.453 e. The van der Waals surface area contributed by atoms with E-state index in [1.807, 2.05) is 0 Å². The third kappa shape index (κ3) is 3.94. The average molecular weight is 356 g/mol. The van der Waals surface area contributed by atoms with Crippen LogP contribution in [0.3, 0.4) is 0 Å². The third-order valence-electron chi connectivity index (χ3n) is 3.53. The molecule has 1 amide bonds. The molecule has 0 radical (unpaired) electrons. The Morgan fingerprint density at radius 1 is 1.04 bits per heavy atom. The second kappa shape index (κ2) is 7.18. The zero-order chi connectivity index (χ0) is 18.7. The van der Waals surface area contributed by atoms with Crippen molar-refractivity contribution in [3.8, 4) is 11.5 Å². The lowest BCUT2D eigenvalue weighted by Crippen LogP contribution is -2.15. The second-order valence-corrected chi connectivity index (χ2v) is 5.57. The van der Waals surface area contributed by atoms with E-state index in [9.17, 15) is 18.4 Å². The van der Waals surface area contributed by atoms with Gasteiger partial charge in [0.1, 0.15) is 11.6 Å². The lowest BCUT2D eigenvalue weighted by Gasteiger charge is -2.13. The van der Waals surface area contributed by atoms with E-state index in [0.717, 1.165) is 17.7 Å². The molecule has 3 aromatic rings. The van der Waals surface area contributed by atoms with Gasteiger partial charge in [0.05, 0.1) is 5.56 Å². The molecule has 0 saturated heterocycles. The van der Waals surface area contributed by atoms with Gasteiger partial charge in [0, 0.05) is 24.0 Å². The Hall–Kier alpha value is -3.48. The summed E-state index contributed by atoms with van der Waals surface area (Å²) in [4.78, 5) is 26.3. The fourth-order valence-electron chi connectivity index (χ4n) is 2.30. The summed E-state index contributed by atoms with van der Waals surface area (Å²) in [6.07, 6.45) is 1.40. The number of ether oxygens (including phenoxy) is 1. The molecule has 0 aliphatic rings. The van der Waals surface area contributed by atoms with Gasteiger partial charge in [0.15, 0.2) is 11.6 Å². The summed E-state index contributed by atoms with van der Waals surface area (Å²) >= 11 is 0. The van der Waals surface area contributed by atoms with Gasteiger partial charge >= 0.3 is 0 Å². The van der Waals surface area contributed by atoms with Crippen molar-refractivity contribution in [2.24, 2.45) is 0 Å². The number of anilines is 1. The Kier molecular flexibility index (Phi) is 4.79. The molecule has 132 valence electrons. The van der Waals surface area contributed by atoms with Crippen LogP contribution in [0.5, 0.6) is 11.5 Å². The molecule has 0 saturated carbocycles. The molecule has 0 unspecified atom stereocenters. The molecule has 0 spiro atoms. The standard InChI is InChI=1S/C19H14F2N2O3/c1-11-2-4-14(19(25)23-13-6-7-22-18(24)10-13)17(8-11)26-16-5-3-12(20)9-15(16)21/h2-10H,1H3,(H2,22,23,24,25). The number of pyridine rings is 1. The van der Waals surface area contributed by atoms with E-state index in [1.165, 1.54) is 24.4 Å². The molecule has 1 aromatic heterocycles. The number of carbonyl (C=O) groups excluding carboxylic acids is 1. The highest BCUT2D eigenvalue weighted by molar-refractivity contribution is 6.06. The van der Waals surface area contributed by atoms with E-state index in [1.54, 1.807) is 19.1 Å². The number of H-pyrrole nitrogens is 1. The Balaban J connectivity index is 1.92. The summed E-state index contributed by atoms with van der Waals surface area (Å²) in [5.41, 5.74) is 0.865. The average Bonchev–Trinajstić information content (AvgIpc) is 2.57. The van der Waals surface area contributed by atoms with Crippen LogP contribution in [-0.2, 0) is 0 Å². The normalized spacial score (nSPS) is 10.4. The van der Waals surface area contributed by atoms with E-state index < -0.39 is 17.5 Å². The fourth-order valence-corrected chi connectivity index (χ4v) is 2.30. The molecule has 2 aromatic carbocycles. The zero-order valence-electron chi connectivity index (χ0n) is 13.7. The van der Waals surface area contributed by atoms with Crippen LogP contribution in [0.15, 0.2) is 59.5 Å². The molecule has 0 fully saturated rings. The maximum Gasteiger partial charge on any atom is 0.259 e. The number of carbonyl (C=O) groups is 1. The number of aromatic nitrogens is 1. The SMILES string of the molecule is Cc1ccc(C(=O)Nc2cc[nH]c(=O)c2)c(Oc2ccc(F)cc2F)c1. The highest BCUT2D eigenvalue weighted by atomic mass is 19.1. The van der Waals surface area contributed by atoms with E-state index in [2.05, 4.69) is 10.3 Å². The van der Waals surface area contributed by atoms with Crippen LogP contribution >= 0.6 is 0 Å². The van der Waals surface area contributed by atoms with Crippen molar-refractivity contribution < 1.29 is 18.3 Å². The predicted octanol–water partition coefficient (Wildman–Crippen LogP) is 4.01. The highest BCUT2D eigenvalue weighted by Crippen LogP contribution is 2.29. The van der Waals surface area contributed by atoms with Crippen LogP contribution in [0.2, 0.25) is 0 Å². The first-order valence-electron chi connectivity index (χ1n) is 7.66. The van der Waals surface area contributed by atoms with Crippen molar-refractivity contribution in [3.05, 3.63) is 87.8 Å². The first-order chi connectivity index (χ1) is 12.4. The summed E-state index contributed by atoms with van der Waals surface area (Å²) in [6, 6.07) is 10.4. The summed E-state index contributed by atoms with van der Waals surface area (Å²) in [7, 11) is 0.